The highest BCUT2D eigenvalue weighted by atomic mass is 79.9. The Balaban J connectivity index is 3.01. The molecule has 0 fully saturated rings. The van der Waals surface area contributed by atoms with Gasteiger partial charge < -0.3 is 15.2 Å². The molecule has 4 heteroatoms. The lowest BCUT2D eigenvalue weighted by molar-refractivity contribution is 0.291. The molecular weight excluding hydrogens is 294 g/mol. The maximum absolute atomic E-state index is 5.71. The van der Waals surface area contributed by atoms with Gasteiger partial charge in [0.1, 0.15) is 6.61 Å². The van der Waals surface area contributed by atoms with Gasteiger partial charge in [-0.05, 0) is 66.0 Å². The fourth-order valence-corrected chi connectivity index (χ4v) is 2.13. The number of benzene rings is 1. The van der Waals surface area contributed by atoms with E-state index in [0.29, 0.717) is 19.8 Å². The highest BCUT2D eigenvalue weighted by Crippen LogP contribution is 2.37. The van der Waals surface area contributed by atoms with Gasteiger partial charge in [-0.25, -0.2) is 0 Å². The molecular formula is C14H20BrNO2. The van der Waals surface area contributed by atoms with Crippen molar-refractivity contribution in [1.82, 2.24) is 0 Å². The second-order valence-electron chi connectivity index (χ2n) is 4.12. The molecule has 0 saturated heterocycles. The van der Waals surface area contributed by atoms with Gasteiger partial charge in [0.2, 0.25) is 0 Å². The van der Waals surface area contributed by atoms with E-state index >= 15 is 0 Å². The van der Waals surface area contributed by atoms with Crippen LogP contribution in [0.1, 0.15) is 19.4 Å². The van der Waals surface area contributed by atoms with Crippen molar-refractivity contribution in [2.75, 3.05) is 19.8 Å². The van der Waals surface area contributed by atoms with E-state index in [1.54, 1.807) is 0 Å². The molecule has 0 bridgehead atoms. The van der Waals surface area contributed by atoms with Crippen LogP contribution < -0.4 is 15.2 Å². The van der Waals surface area contributed by atoms with Crippen LogP contribution >= 0.6 is 15.9 Å². The van der Waals surface area contributed by atoms with Crippen molar-refractivity contribution >= 4 is 15.9 Å². The van der Waals surface area contributed by atoms with Crippen LogP contribution in [0.5, 0.6) is 11.5 Å². The van der Waals surface area contributed by atoms with E-state index in [1.807, 2.05) is 26.0 Å². The fraction of sp³-hybridized carbons (Fsp3) is 0.429. The molecule has 0 spiro atoms. The van der Waals surface area contributed by atoms with Crippen molar-refractivity contribution < 1.29 is 9.47 Å². The topological polar surface area (TPSA) is 44.5 Å². The summed E-state index contributed by atoms with van der Waals surface area (Å²) in [5.41, 5.74) is 7.67. The number of rotatable bonds is 7. The van der Waals surface area contributed by atoms with Gasteiger partial charge in [-0.15, -0.1) is 0 Å². The van der Waals surface area contributed by atoms with Crippen LogP contribution in [0.15, 0.2) is 28.8 Å². The van der Waals surface area contributed by atoms with Crippen molar-refractivity contribution in [2.24, 2.45) is 5.73 Å². The third kappa shape index (κ3) is 4.35. The number of hydrogen-bond acceptors (Lipinski definition) is 3. The normalized spacial score (nSPS) is 10.2. The monoisotopic (exact) mass is 313 g/mol. The Bertz CT molecular complexity index is 419. The van der Waals surface area contributed by atoms with Gasteiger partial charge in [0.15, 0.2) is 11.5 Å². The molecule has 0 unspecified atom stereocenters. The van der Waals surface area contributed by atoms with E-state index in [0.717, 1.165) is 33.5 Å². The summed E-state index contributed by atoms with van der Waals surface area (Å²) in [5.74, 6) is 1.47. The van der Waals surface area contributed by atoms with Crippen LogP contribution in [0, 0.1) is 0 Å². The molecule has 0 aliphatic rings. The number of halogens is 1. The quantitative estimate of drug-likeness (QED) is 0.785. The van der Waals surface area contributed by atoms with E-state index in [2.05, 4.69) is 22.5 Å². The second-order valence-corrected chi connectivity index (χ2v) is 4.98. The molecule has 0 aliphatic carbocycles. The van der Waals surface area contributed by atoms with Crippen LogP contribution in [-0.2, 0) is 6.42 Å². The molecule has 0 radical (unpaired) electrons. The minimum atomic E-state index is 0.481. The molecule has 100 valence electrons. The predicted molar refractivity (Wildman–Crippen MR) is 78.4 cm³/mol. The van der Waals surface area contributed by atoms with Gasteiger partial charge >= 0.3 is 0 Å². The van der Waals surface area contributed by atoms with E-state index < -0.39 is 0 Å². The third-order valence-corrected chi connectivity index (χ3v) is 2.85. The number of ether oxygens (including phenoxy) is 2. The highest BCUT2D eigenvalue weighted by molar-refractivity contribution is 9.10. The molecule has 0 amide bonds. The Morgan fingerprint density at radius 2 is 2.11 bits per heavy atom. The molecule has 1 aromatic rings. The molecule has 18 heavy (non-hydrogen) atoms. The van der Waals surface area contributed by atoms with E-state index in [1.165, 1.54) is 0 Å². The van der Waals surface area contributed by atoms with Gasteiger partial charge in [-0.2, -0.15) is 0 Å². The average molecular weight is 314 g/mol. The van der Waals surface area contributed by atoms with Crippen molar-refractivity contribution in [3.63, 3.8) is 0 Å². The summed E-state index contributed by atoms with van der Waals surface area (Å²) in [6, 6.07) is 4.00. The van der Waals surface area contributed by atoms with Crippen molar-refractivity contribution in [1.29, 1.82) is 0 Å². The summed E-state index contributed by atoms with van der Waals surface area (Å²) in [5, 5.41) is 0. The van der Waals surface area contributed by atoms with Crippen LogP contribution in [0.3, 0.4) is 0 Å². The zero-order valence-electron chi connectivity index (χ0n) is 11.0. The highest BCUT2D eigenvalue weighted by Gasteiger charge is 2.12. The van der Waals surface area contributed by atoms with Gasteiger partial charge in [-0.1, -0.05) is 6.58 Å². The van der Waals surface area contributed by atoms with Crippen LogP contribution in [0.2, 0.25) is 0 Å². The Hall–Kier alpha value is -1.00. The number of nitrogens with two attached hydrogens (primary N) is 1. The largest absolute Gasteiger partial charge is 0.490 e. The maximum Gasteiger partial charge on any atom is 0.175 e. The molecule has 0 aromatic heterocycles. The Kier molecular flexibility index (Phi) is 6.22. The van der Waals surface area contributed by atoms with Crippen molar-refractivity contribution in [2.45, 2.75) is 20.3 Å². The molecule has 0 atom stereocenters. The zero-order valence-corrected chi connectivity index (χ0v) is 12.5. The minimum absolute atomic E-state index is 0.481. The Morgan fingerprint density at radius 1 is 1.39 bits per heavy atom. The molecule has 0 aliphatic heterocycles. The molecule has 1 aromatic carbocycles. The predicted octanol–water partition coefficient (Wildman–Crippen LogP) is 3.30. The smallest absolute Gasteiger partial charge is 0.175 e. The summed E-state index contributed by atoms with van der Waals surface area (Å²) >= 11 is 3.51. The SMILES string of the molecule is C=C(C)COc1c(Br)cc(CCN)cc1OCC. The van der Waals surface area contributed by atoms with Gasteiger partial charge in [0.25, 0.3) is 0 Å². The van der Waals surface area contributed by atoms with Gasteiger partial charge in [0.05, 0.1) is 11.1 Å². The standard InChI is InChI=1S/C14H20BrNO2/c1-4-17-13-8-11(5-6-16)7-12(15)14(13)18-9-10(2)3/h7-8H,2,4-6,9,16H2,1,3H3. The van der Waals surface area contributed by atoms with Gasteiger partial charge in [0, 0.05) is 0 Å². The van der Waals surface area contributed by atoms with Crippen molar-refractivity contribution in [3.8, 4) is 11.5 Å². The molecule has 0 heterocycles. The lowest BCUT2D eigenvalue weighted by Crippen LogP contribution is -2.06. The molecule has 2 N–H and O–H groups in total. The van der Waals surface area contributed by atoms with Crippen LogP contribution in [0.4, 0.5) is 0 Å². The Morgan fingerprint density at radius 3 is 2.67 bits per heavy atom. The first kappa shape index (κ1) is 15.1. The summed E-state index contributed by atoms with van der Waals surface area (Å²) < 4.78 is 12.2. The van der Waals surface area contributed by atoms with Gasteiger partial charge in [-0.3, -0.25) is 0 Å². The van der Waals surface area contributed by atoms with Crippen molar-refractivity contribution in [3.05, 3.63) is 34.3 Å². The average Bonchev–Trinajstić information content (AvgIpc) is 2.28. The zero-order chi connectivity index (χ0) is 13.5. The molecule has 0 saturated carbocycles. The number of hydrogen-bond donors (Lipinski definition) is 1. The Labute approximate surface area is 117 Å². The van der Waals surface area contributed by atoms with E-state index in [4.69, 9.17) is 15.2 Å². The summed E-state index contributed by atoms with van der Waals surface area (Å²) in [7, 11) is 0. The summed E-state index contributed by atoms with van der Waals surface area (Å²) in [6.45, 7) is 9.40. The van der Waals surface area contributed by atoms with E-state index in [9.17, 15) is 0 Å². The van der Waals surface area contributed by atoms with Crippen LogP contribution in [0.25, 0.3) is 0 Å². The second kappa shape index (κ2) is 7.44. The minimum Gasteiger partial charge on any atom is -0.490 e. The van der Waals surface area contributed by atoms with Crippen LogP contribution in [-0.4, -0.2) is 19.8 Å². The summed E-state index contributed by atoms with van der Waals surface area (Å²) in [4.78, 5) is 0. The first-order valence-electron chi connectivity index (χ1n) is 6.01. The third-order valence-electron chi connectivity index (χ3n) is 2.27. The maximum atomic E-state index is 5.71. The molecule has 3 nitrogen and oxygen atoms in total. The molecule has 1 rings (SSSR count). The van der Waals surface area contributed by atoms with E-state index in [-0.39, 0.29) is 0 Å². The lowest BCUT2D eigenvalue weighted by atomic mass is 10.1. The first-order valence-corrected chi connectivity index (χ1v) is 6.80. The lowest BCUT2D eigenvalue weighted by Gasteiger charge is -2.15. The fourth-order valence-electron chi connectivity index (χ4n) is 1.53. The summed E-state index contributed by atoms with van der Waals surface area (Å²) in [6.07, 6.45) is 0.819. The first-order chi connectivity index (χ1) is 8.58.